The molecule has 0 atom stereocenters. The van der Waals surface area contributed by atoms with Crippen LogP contribution in [0.3, 0.4) is 0 Å². The van der Waals surface area contributed by atoms with Gasteiger partial charge in [0, 0.05) is 65.5 Å². The summed E-state index contributed by atoms with van der Waals surface area (Å²) in [5.41, 5.74) is 7.50. The lowest BCUT2D eigenvalue weighted by Crippen LogP contribution is -2.23. The zero-order valence-electron chi connectivity index (χ0n) is 47.9. The van der Waals surface area contributed by atoms with Gasteiger partial charge in [-0.1, -0.05) is 155 Å². The van der Waals surface area contributed by atoms with Crippen molar-refractivity contribution in [1.29, 1.82) is 0 Å². The van der Waals surface area contributed by atoms with Gasteiger partial charge in [0.05, 0.1) is 17.1 Å². The molecule has 0 radical (unpaired) electrons. The van der Waals surface area contributed by atoms with E-state index in [1.54, 1.807) is 54.6 Å². The van der Waals surface area contributed by atoms with Crippen LogP contribution in [0.15, 0.2) is 187 Å². The number of aryl methyl sites for hydroxylation is 4. The van der Waals surface area contributed by atoms with E-state index in [0.29, 0.717) is 34.8 Å². The third-order valence-electron chi connectivity index (χ3n) is 12.7. The lowest BCUT2D eigenvalue weighted by molar-refractivity contribution is 0.512. The highest BCUT2D eigenvalue weighted by atomic mass is 16.3. The molecule has 10 aromatic rings. The van der Waals surface area contributed by atoms with Gasteiger partial charge in [-0.2, -0.15) is 0 Å². The maximum Gasteiger partial charge on any atom is 0.227 e. The Morgan fingerprint density at radius 3 is 1.70 bits per heavy atom. The molecule has 0 N–H and O–H groups in total. The average molecular weight is 883 g/mol. The van der Waals surface area contributed by atoms with Crippen LogP contribution in [0.5, 0.6) is 0 Å². The van der Waals surface area contributed by atoms with Crippen molar-refractivity contribution in [2.75, 3.05) is 0 Å². The second-order valence-corrected chi connectivity index (χ2v) is 18.5. The maximum absolute atomic E-state index is 10.1. The molecule has 0 unspecified atom stereocenters. The van der Waals surface area contributed by atoms with E-state index in [2.05, 4.69) is 50.9 Å². The van der Waals surface area contributed by atoms with E-state index in [1.165, 1.54) is 18.3 Å². The summed E-state index contributed by atoms with van der Waals surface area (Å²) in [4.78, 5) is 18.8. The molecule has 5 aromatic heterocycles. The van der Waals surface area contributed by atoms with Gasteiger partial charge in [0.15, 0.2) is 0 Å². The van der Waals surface area contributed by atoms with Crippen molar-refractivity contribution in [3.8, 4) is 44.9 Å². The van der Waals surface area contributed by atoms with Crippen LogP contribution in [-0.4, -0.2) is 19.9 Å². The van der Waals surface area contributed by atoms with Crippen LogP contribution in [0.25, 0.3) is 67.0 Å². The van der Waals surface area contributed by atoms with Gasteiger partial charge in [0.25, 0.3) is 0 Å². The van der Waals surface area contributed by atoms with Crippen LogP contribution in [-0.2, 0) is 36.4 Å². The highest BCUT2D eigenvalue weighted by Crippen LogP contribution is 2.38. The number of rotatable bonds is 13. The van der Waals surface area contributed by atoms with Crippen LogP contribution in [0.4, 0.5) is 0 Å². The highest BCUT2D eigenvalue weighted by Gasteiger charge is 2.26. The summed E-state index contributed by atoms with van der Waals surface area (Å²) < 4.78 is 96.0. The predicted molar refractivity (Wildman–Crippen MR) is 276 cm³/mol. The van der Waals surface area contributed by atoms with E-state index < -0.39 is 37.3 Å². The molecule has 5 heterocycles. The SMILES string of the molecule is [2H]C([2H])([2H])c1ccc2c(n1)oc1c(-c3cc(-c4ccccc4C([2H])([2H])[2H])c(C([2H])([2H])C([2H])([2H])c4cc(CC(C)(C)c5ccc(-c6ccccc6)nc5)cc(CC(C)(C)c5ccc(-c6ccccc6)nc5)c4)cn3)cccc12. The molecular weight excluding hydrogens is 817 g/mol. The van der Waals surface area contributed by atoms with Gasteiger partial charge in [-0.25, -0.2) is 4.98 Å². The number of hydrogen-bond acceptors (Lipinski definition) is 5. The third-order valence-corrected chi connectivity index (χ3v) is 12.7. The molecular formula is C62H56N4O. The molecule has 0 aliphatic heterocycles. The molecule has 0 fully saturated rings. The van der Waals surface area contributed by atoms with Crippen LogP contribution < -0.4 is 0 Å². The number of furan rings is 1. The van der Waals surface area contributed by atoms with Gasteiger partial charge >= 0.3 is 0 Å². The number of fused-ring (bicyclic) bond motifs is 3. The first-order valence-electron chi connectivity index (χ1n) is 27.5. The van der Waals surface area contributed by atoms with Gasteiger partial charge in [0.1, 0.15) is 5.58 Å². The van der Waals surface area contributed by atoms with Crippen molar-refractivity contribution >= 4 is 22.1 Å². The summed E-state index contributed by atoms with van der Waals surface area (Å²) in [6, 6.07) is 50.0. The van der Waals surface area contributed by atoms with Crippen LogP contribution in [0.1, 0.15) is 86.0 Å². The van der Waals surface area contributed by atoms with Crippen molar-refractivity contribution in [2.24, 2.45) is 0 Å². The minimum Gasteiger partial charge on any atom is -0.437 e. The quantitative estimate of drug-likeness (QED) is 0.115. The number of pyridine rings is 4. The summed E-state index contributed by atoms with van der Waals surface area (Å²) in [5.74, 6) is 0. The van der Waals surface area contributed by atoms with Gasteiger partial charge < -0.3 is 4.42 Å². The number of aromatic nitrogens is 4. The fourth-order valence-electron chi connectivity index (χ4n) is 9.07. The predicted octanol–water partition coefficient (Wildman–Crippen LogP) is 15.3. The Balaban J connectivity index is 1.09. The monoisotopic (exact) mass is 883 g/mol. The summed E-state index contributed by atoms with van der Waals surface area (Å²) in [6.07, 6.45) is 0.393. The highest BCUT2D eigenvalue weighted by molar-refractivity contribution is 6.08. The molecule has 0 aliphatic carbocycles. The Labute approximate surface area is 408 Å². The summed E-state index contributed by atoms with van der Waals surface area (Å²) >= 11 is 0. The van der Waals surface area contributed by atoms with Crippen LogP contribution in [0.2, 0.25) is 0 Å². The molecule has 67 heavy (non-hydrogen) atoms. The fourth-order valence-corrected chi connectivity index (χ4v) is 9.07. The lowest BCUT2D eigenvalue weighted by Gasteiger charge is -2.28. The Hall–Kier alpha value is -7.50. The zero-order valence-corrected chi connectivity index (χ0v) is 37.9. The molecule has 5 aromatic carbocycles. The number of nitrogens with zero attached hydrogens (tertiary/aromatic N) is 4. The number of para-hydroxylation sites is 1. The first kappa shape index (κ1) is 33.0. The minimum absolute atomic E-state index is 0.0515. The van der Waals surface area contributed by atoms with Gasteiger partial charge in [-0.15, -0.1) is 0 Å². The summed E-state index contributed by atoms with van der Waals surface area (Å²) in [6.45, 7) is 3.37. The number of hydrogen-bond donors (Lipinski definition) is 0. The summed E-state index contributed by atoms with van der Waals surface area (Å²) in [5, 5.41) is 1.21. The van der Waals surface area contributed by atoms with Gasteiger partial charge in [-0.3, -0.25) is 15.0 Å². The normalized spacial score (nSPS) is 15.0. The Morgan fingerprint density at radius 1 is 0.493 bits per heavy atom. The molecule has 0 spiro atoms. The minimum atomic E-state index is -2.84. The average Bonchev–Trinajstić information content (AvgIpc) is 3.79. The molecule has 330 valence electrons. The number of benzene rings is 5. The van der Waals surface area contributed by atoms with Crippen molar-refractivity contribution < 1.29 is 18.1 Å². The molecule has 0 amide bonds. The van der Waals surface area contributed by atoms with Crippen molar-refractivity contribution in [2.45, 2.75) is 77.8 Å². The first-order valence-corrected chi connectivity index (χ1v) is 22.5. The third kappa shape index (κ3) is 9.20. The van der Waals surface area contributed by atoms with Gasteiger partial charge in [-0.05, 0) is 137 Å². The largest absolute Gasteiger partial charge is 0.437 e. The zero-order chi connectivity index (χ0) is 54.7. The molecule has 10 rings (SSSR count). The first-order chi connectivity index (χ1) is 36.4. The Kier molecular flexibility index (Phi) is 8.90. The molecule has 0 aliphatic rings. The second-order valence-electron chi connectivity index (χ2n) is 18.5. The Morgan fingerprint density at radius 2 is 1.09 bits per heavy atom. The van der Waals surface area contributed by atoms with E-state index in [1.807, 2.05) is 91.3 Å². The van der Waals surface area contributed by atoms with Crippen molar-refractivity contribution in [1.82, 2.24) is 19.9 Å². The van der Waals surface area contributed by atoms with E-state index in [0.717, 1.165) is 44.8 Å². The Bertz CT molecular complexity index is 3660. The molecule has 5 heteroatoms. The van der Waals surface area contributed by atoms with E-state index in [9.17, 15) is 5.48 Å². The molecule has 0 saturated heterocycles. The van der Waals surface area contributed by atoms with Crippen molar-refractivity contribution in [3.05, 3.63) is 227 Å². The lowest BCUT2D eigenvalue weighted by atomic mass is 9.77. The van der Waals surface area contributed by atoms with Crippen molar-refractivity contribution in [3.63, 3.8) is 0 Å². The van der Waals surface area contributed by atoms with E-state index >= 15 is 0 Å². The molecule has 0 saturated carbocycles. The molecule has 0 bridgehead atoms. The smallest absolute Gasteiger partial charge is 0.227 e. The standard InChI is InChI=1S/C62H56N4O/c1-41-16-13-14-21-51(41)55-35-58(54-23-15-22-52-53-29-24-42(2)66-60(53)67-59(52)54)63-38-48(55)26-25-43-32-44(36-61(3,4)49-27-30-56(64-39-49)46-17-9-7-10-18-46)34-45(33-43)37-62(5,6)50-28-31-57(65-40-50)47-19-11-8-12-20-47/h7-24,27-35,38-40H,25-26,36-37H2,1-6H3/i1D3,2D3,25D2,26D2. The van der Waals surface area contributed by atoms with Crippen LogP contribution >= 0.6 is 0 Å². The topological polar surface area (TPSA) is 64.7 Å². The molecule has 5 nitrogen and oxygen atoms in total. The van der Waals surface area contributed by atoms with Crippen LogP contribution in [0, 0.1) is 13.7 Å². The summed E-state index contributed by atoms with van der Waals surface area (Å²) in [7, 11) is 0. The second kappa shape index (κ2) is 18.1. The van der Waals surface area contributed by atoms with E-state index in [4.69, 9.17) is 27.6 Å². The fraction of sp³-hybridized carbons (Fsp3) is 0.194. The van der Waals surface area contributed by atoms with E-state index in [-0.39, 0.29) is 44.9 Å². The maximum atomic E-state index is 10.1. The van der Waals surface area contributed by atoms with Gasteiger partial charge in [0.2, 0.25) is 5.71 Å².